The van der Waals surface area contributed by atoms with Crippen LogP contribution in [0, 0.1) is 41.5 Å². The second-order valence-electron chi connectivity index (χ2n) is 5.79. The second kappa shape index (κ2) is 5.74. The number of nitrogens with zero attached hydrogens (tertiary/aromatic N) is 2. The van der Waals surface area contributed by atoms with Crippen molar-refractivity contribution < 1.29 is 0 Å². The quantitative estimate of drug-likeness (QED) is 0.837. The third-order valence-electron chi connectivity index (χ3n) is 4.16. The van der Waals surface area contributed by atoms with Crippen molar-refractivity contribution >= 4 is 0 Å². The van der Waals surface area contributed by atoms with Crippen molar-refractivity contribution in [1.82, 2.24) is 9.97 Å². The molecule has 0 saturated heterocycles. The summed E-state index contributed by atoms with van der Waals surface area (Å²) in [6.07, 6.45) is 1.99. The van der Waals surface area contributed by atoms with Gasteiger partial charge in [0, 0.05) is 0 Å². The molecule has 1 heterocycles. The van der Waals surface area contributed by atoms with Gasteiger partial charge >= 0.3 is 0 Å². The van der Waals surface area contributed by atoms with Crippen LogP contribution in [0.3, 0.4) is 0 Å². The van der Waals surface area contributed by atoms with Crippen molar-refractivity contribution in [2.75, 3.05) is 0 Å². The van der Waals surface area contributed by atoms with E-state index in [0.717, 1.165) is 35.6 Å². The molecule has 20 heavy (non-hydrogen) atoms. The molecule has 2 rings (SSSR count). The van der Waals surface area contributed by atoms with Gasteiger partial charge in [-0.05, 0) is 76.6 Å². The van der Waals surface area contributed by atoms with Gasteiger partial charge in [-0.25, -0.2) is 0 Å². The number of hydrogen-bond acceptors (Lipinski definition) is 2. The van der Waals surface area contributed by atoms with E-state index < -0.39 is 0 Å². The molecule has 0 amide bonds. The lowest BCUT2D eigenvalue weighted by molar-refractivity contribution is 0.845. The monoisotopic (exact) mass is 268 g/mol. The SMILES string of the molecule is Cc1cc(C)c(CCc2nc(C)c(C)nc2C)cc1C. The average Bonchev–Trinajstić information content (AvgIpc) is 2.37. The molecule has 0 fully saturated rings. The van der Waals surface area contributed by atoms with Crippen LogP contribution in [0.1, 0.15) is 45.0 Å². The number of rotatable bonds is 3. The Morgan fingerprint density at radius 3 is 1.95 bits per heavy atom. The van der Waals surface area contributed by atoms with Gasteiger partial charge < -0.3 is 0 Å². The molecule has 2 nitrogen and oxygen atoms in total. The molecule has 0 N–H and O–H groups in total. The lowest BCUT2D eigenvalue weighted by Crippen LogP contribution is -2.05. The van der Waals surface area contributed by atoms with Gasteiger partial charge in [0.25, 0.3) is 0 Å². The number of benzene rings is 1. The zero-order chi connectivity index (χ0) is 14.9. The van der Waals surface area contributed by atoms with Crippen molar-refractivity contribution in [2.45, 2.75) is 54.4 Å². The van der Waals surface area contributed by atoms with E-state index in [9.17, 15) is 0 Å². The maximum absolute atomic E-state index is 4.69. The summed E-state index contributed by atoms with van der Waals surface area (Å²) >= 11 is 0. The van der Waals surface area contributed by atoms with Crippen LogP contribution >= 0.6 is 0 Å². The minimum Gasteiger partial charge on any atom is -0.255 e. The molecule has 1 aromatic heterocycles. The summed E-state index contributed by atoms with van der Waals surface area (Å²) in [5, 5.41) is 0. The summed E-state index contributed by atoms with van der Waals surface area (Å²) in [7, 11) is 0. The molecular formula is C18H24N2. The smallest absolute Gasteiger partial charge is 0.0622 e. The van der Waals surface area contributed by atoms with Gasteiger partial charge in [-0.3, -0.25) is 9.97 Å². The van der Waals surface area contributed by atoms with E-state index in [2.05, 4.69) is 44.8 Å². The summed E-state index contributed by atoms with van der Waals surface area (Å²) in [5.41, 5.74) is 9.81. The largest absolute Gasteiger partial charge is 0.255 e. The minimum absolute atomic E-state index is 0.962. The standard InChI is InChI=1S/C18H24N2/c1-11-9-13(3)17(10-12(11)2)7-8-18-16(6)19-14(4)15(5)20-18/h9-10H,7-8H2,1-6H3. The molecule has 0 spiro atoms. The van der Waals surface area contributed by atoms with Crippen molar-refractivity contribution in [1.29, 1.82) is 0 Å². The predicted molar refractivity (Wildman–Crippen MR) is 84.3 cm³/mol. The lowest BCUT2D eigenvalue weighted by atomic mass is 9.97. The van der Waals surface area contributed by atoms with E-state index in [-0.39, 0.29) is 0 Å². The fraction of sp³-hybridized carbons (Fsp3) is 0.444. The molecule has 0 atom stereocenters. The van der Waals surface area contributed by atoms with E-state index in [1.807, 2.05) is 13.8 Å². The maximum atomic E-state index is 4.69. The molecular weight excluding hydrogens is 244 g/mol. The Kier molecular flexibility index (Phi) is 4.22. The van der Waals surface area contributed by atoms with Crippen LogP contribution in [0.25, 0.3) is 0 Å². The molecule has 0 aliphatic rings. The van der Waals surface area contributed by atoms with Gasteiger partial charge in [0.2, 0.25) is 0 Å². The molecule has 2 heteroatoms. The molecule has 1 aromatic carbocycles. The highest BCUT2D eigenvalue weighted by Gasteiger charge is 2.08. The fourth-order valence-corrected chi connectivity index (χ4v) is 2.54. The average molecular weight is 268 g/mol. The highest BCUT2D eigenvalue weighted by molar-refractivity contribution is 5.37. The van der Waals surface area contributed by atoms with Crippen LogP contribution in [0.2, 0.25) is 0 Å². The first-order valence-corrected chi connectivity index (χ1v) is 7.26. The van der Waals surface area contributed by atoms with E-state index in [0.29, 0.717) is 0 Å². The van der Waals surface area contributed by atoms with Gasteiger partial charge in [0.05, 0.1) is 22.8 Å². The zero-order valence-electron chi connectivity index (χ0n) is 13.5. The van der Waals surface area contributed by atoms with Crippen molar-refractivity contribution in [3.05, 3.63) is 57.2 Å². The van der Waals surface area contributed by atoms with Crippen molar-refractivity contribution in [3.8, 4) is 0 Å². The first-order valence-electron chi connectivity index (χ1n) is 7.26. The molecule has 2 aromatic rings. The predicted octanol–water partition coefficient (Wildman–Crippen LogP) is 4.11. The van der Waals surface area contributed by atoms with E-state index in [4.69, 9.17) is 4.98 Å². The second-order valence-corrected chi connectivity index (χ2v) is 5.79. The Balaban J connectivity index is 2.21. The van der Waals surface area contributed by atoms with Crippen LogP contribution in [0.5, 0.6) is 0 Å². The summed E-state index contributed by atoms with van der Waals surface area (Å²) in [6, 6.07) is 4.60. The van der Waals surface area contributed by atoms with Crippen LogP contribution < -0.4 is 0 Å². The van der Waals surface area contributed by atoms with Crippen molar-refractivity contribution in [3.63, 3.8) is 0 Å². The molecule has 0 bridgehead atoms. The maximum Gasteiger partial charge on any atom is 0.0622 e. The zero-order valence-corrected chi connectivity index (χ0v) is 13.5. The Bertz CT molecular complexity index is 585. The molecule has 0 aliphatic heterocycles. The van der Waals surface area contributed by atoms with E-state index in [1.165, 1.54) is 22.3 Å². The first kappa shape index (κ1) is 14.7. The highest BCUT2D eigenvalue weighted by atomic mass is 14.8. The fourth-order valence-electron chi connectivity index (χ4n) is 2.54. The Labute approximate surface area is 122 Å². The molecule has 0 radical (unpaired) electrons. The highest BCUT2D eigenvalue weighted by Crippen LogP contribution is 2.18. The number of aromatic nitrogens is 2. The van der Waals surface area contributed by atoms with Gasteiger partial charge in [-0.2, -0.15) is 0 Å². The Hall–Kier alpha value is -1.70. The first-order chi connectivity index (χ1) is 9.38. The van der Waals surface area contributed by atoms with Crippen LogP contribution in [0.4, 0.5) is 0 Å². The molecule has 106 valence electrons. The van der Waals surface area contributed by atoms with Gasteiger partial charge in [-0.1, -0.05) is 12.1 Å². The summed E-state index contributed by atoms with van der Waals surface area (Å²) < 4.78 is 0. The third kappa shape index (κ3) is 3.06. The van der Waals surface area contributed by atoms with E-state index >= 15 is 0 Å². The van der Waals surface area contributed by atoms with Crippen LogP contribution in [0.15, 0.2) is 12.1 Å². The van der Waals surface area contributed by atoms with Crippen LogP contribution in [-0.2, 0) is 12.8 Å². The number of hydrogen-bond donors (Lipinski definition) is 0. The van der Waals surface area contributed by atoms with Gasteiger partial charge in [-0.15, -0.1) is 0 Å². The van der Waals surface area contributed by atoms with Crippen molar-refractivity contribution in [2.24, 2.45) is 0 Å². The third-order valence-corrected chi connectivity index (χ3v) is 4.16. The van der Waals surface area contributed by atoms with E-state index in [1.54, 1.807) is 0 Å². The summed E-state index contributed by atoms with van der Waals surface area (Å²) in [6.45, 7) is 12.7. The number of aryl methyl sites for hydroxylation is 8. The topological polar surface area (TPSA) is 25.8 Å². The lowest BCUT2D eigenvalue weighted by Gasteiger charge is -2.11. The van der Waals surface area contributed by atoms with Gasteiger partial charge in [0.1, 0.15) is 0 Å². The normalized spacial score (nSPS) is 10.9. The van der Waals surface area contributed by atoms with Gasteiger partial charge in [0.15, 0.2) is 0 Å². The molecule has 0 saturated carbocycles. The Morgan fingerprint density at radius 2 is 1.25 bits per heavy atom. The van der Waals surface area contributed by atoms with Crippen LogP contribution in [-0.4, -0.2) is 9.97 Å². The molecule has 0 unspecified atom stereocenters. The minimum atomic E-state index is 0.962. The Morgan fingerprint density at radius 1 is 0.650 bits per heavy atom. The summed E-state index contributed by atoms with van der Waals surface area (Å²) in [5.74, 6) is 0. The molecule has 0 aliphatic carbocycles. The summed E-state index contributed by atoms with van der Waals surface area (Å²) in [4.78, 5) is 9.27.